The Hall–Kier alpha value is -2.26. The monoisotopic (exact) mass is 352 g/mol. The Balaban J connectivity index is 1.91. The maximum atomic E-state index is 12.1. The molecule has 2 rings (SSSR count). The summed E-state index contributed by atoms with van der Waals surface area (Å²) < 4.78 is 29.0. The van der Waals surface area contributed by atoms with Crippen LogP contribution < -0.4 is 0 Å². The topological polar surface area (TPSA) is 96.6 Å². The summed E-state index contributed by atoms with van der Waals surface area (Å²) in [6.07, 6.45) is 4.54. The molecule has 2 aromatic rings. The van der Waals surface area contributed by atoms with Crippen LogP contribution in [-0.4, -0.2) is 60.6 Å². The Kier molecular flexibility index (Phi) is 5.68. The maximum absolute atomic E-state index is 12.1. The molecule has 2 heterocycles. The van der Waals surface area contributed by atoms with Gasteiger partial charge in [-0.2, -0.15) is 0 Å². The van der Waals surface area contributed by atoms with Gasteiger partial charge < -0.3 is 9.42 Å². The number of carbonyl (C=O) groups excluding carboxylic acids is 1. The molecule has 0 saturated carbocycles. The number of aromatic nitrogens is 2. The molecule has 0 aromatic carbocycles. The molecule has 0 aliphatic rings. The number of hydrogen-bond donors (Lipinski definition) is 0. The number of rotatable bonds is 7. The summed E-state index contributed by atoms with van der Waals surface area (Å²) in [5.74, 6) is 0.376. The number of carbonyl (C=O) groups is 1. The summed E-state index contributed by atoms with van der Waals surface area (Å²) in [5.41, 5.74) is 1.55. The van der Waals surface area contributed by atoms with Crippen molar-refractivity contribution in [1.29, 1.82) is 0 Å². The van der Waals surface area contributed by atoms with Crippen LogP contribution in [0.3, 0.4) is 0 Å². The van der Waals surface area contributed by atoms with E-state index in [4.69, 9.17) is 4.52 Å². The van der Waals surface area contributed by atoms with Crippen molar-refractivity contribution >= 4 is 15.9 Å². The van der Waals surface area contributed by atoms with Crippen LogP contribution in [0.5, 0.6) is 0 Å². The van der Waals surface area contributed by atoms with Gasteiger partial charge in [-0.05, 0) is 12.1 Å². The van der Waals surface area contributed by atoms with Crippen LogP contribution in [0.15, 0.2) is 35.1 Å². The van der Waals surface area contributed by atoms with Crippen molar-refractivity contribution in [3.05, 3.63) is 36.4 Å². The summed E-state index contributed by atoms with van der Waals surface area (Å²) in [5, 5.41) is 3.98. The summed E-state index contributed by atoms with van der Waals surface area (Å²) in [4.78, 5) is 17.5. The highest BCUT2D eigenvalue weighted by Gasteiger charge is 2.16. The average Bonchev–Trinajstić information content (AvgIpc) is 3.00. The van der Waals surface area contributed by atoms with E-state index >= 15 is 0 Å². The molecule has 0 saturated heterocycles. The Labute approximate surface area is 141 Å². The molecule has 24 heavy (non-hydrogen) atoms. The minimum absolute atomic E-state index is 0.103. The Morgan fingerprint density at radius 3 is 2.54 bits per heavy atom. The molecule has 0 fully saturated rings. The van der Waals surface area contributed by atoms with Crippen molar-refractivity contribution in [3.8, 4) is 11.3 Å². The van der Waals surface area contributed by atoms with Gasteiger partial charge in [-0.1, -0.05) is 5.16 Å². The molecular weight excluding hydrogens is 332 g/mol. The second-order valence-corrected chi connectivity index (χ2v) is 7.59. The van der Waals surface area contributed by atoms with Gasteiger partial charge in [0.25, 0.3) is 0 Å². The molecule has 130 valence electrons. The predicted molar refractivity (Wildman–Crippen MR) is 88.3 cm³/mol. The number of sulfonamides is 1. The number of amides is 1. The maximum Gasteiger partial charge on any atom is 0.224 e. The van der Waals surface area contributed by atoms with E-state index in [-0.39, 0.29) is 25.4 Å². The molecule has 8 nitrogen and oxygen atoms in total. The molecule has 0 atom stereocenters. The first-order chi connectivity index (χ1) is 11.3. The fraction of sp³-hybridized carbons (Fsp3) is 0.400. The van der Waals surface area contributed by atoms with Crippen molar-refractivity contribution in [2.75, 3.05) is 26.9 Å². The van der Waals surface area contributed by atoms with Crippen molar-refractivity contribution in [2.45, 2.75) is 13.0 Å². The van der Waals surface area contributed by atoms with Crippen molar-refractivity contribution in [1.82, 2.24) is 19.3 Å². The average molecular weight is 352 g/mol. The standard InChI is InChI=1S/C15H20N4O4S/c1-18(15(20)6-9-19(2)24(3,21)22)11-13-10-14(17-23-13)12-4-7-16-8-5-12/h4-5,7-8,10H,6,9,11H2,1-3H3. The Bertz CT molecular complexity index is 789. The van der Waals surface area contributed by atoms with Crippen LogP contribution in [0.2, 0.25) is 0 Å². The van der Waals surface area contributed by atoms with E-state index in [1.54, 1.807) is 25.5 Å². The highest BCUT2D eigenvalue weighted by molar-refractivity contribution is 7.88. The number of nitrogens with zero attached hydrogens (tertiary/aromatic N) is 4. The number of pyridine rings is 1. The van der Waals surface area contributed by atoms with E-state index in [1.165, 1.54) is 11.9 Å². The molecule has 0 aliphatic carbocycles. The lowest BCUT2D eigenvalue weighted by atomic mass is 10.2. The van der Waals surface area contributed by atoms with Crippen LogP contribution in [0.1, 0.15) is 12.2 Å². The second-order valence-electron chi connectivity index (χ2n) is 5.50. The summed E-state index contributed by atoms with van der Waals surface area (Å²) in [7, 11) is -0.201. The molecule has 0 bridgehead atoms. The van der Waals surface area contributed by atoms with Crippen LogP contribution >= 0.6 is 0 Å². The third-order valence-electron chi connectivity index (χ3n) is 3.56. The largest absolute Gasteiger partial charge is 0.359 e. The zero-order chi connectivity index (χ0) is 17.7. The fourth-order valence-corrected chi connectivity index (χ4v) is 2.40. The highest BCUT2D eigenvalue weighted by atomic mass is 32.2. The van der Waals surface area contributed by atoms with Crippen LogP contribution in [0.4, 0.5) is 0 Å². The molecule has 0 unspecified atom stereocenters. The van der Waals surface area contributed by atoms with E-state index in [1.807, 2.05) is 12.1 Å². The molecule has 9 heteroatoms. The summed E-state index contributed by atoms with van der Waals surface area (Å²) in [6, 6.07) is 5.40. The zero-order valence-corrected chi connectivity index (χ0v) is 14.7. The molecule has 0 spiro atoms. The highest BCUT2D eigenvalue weighted by Crippen LogP contribution is 2.18. The van der Waals surface area contributed by atoms with Gasteiger partial charge in [0, 0.05) is 51.1 Å². The molecule has 0 N–H and O–H groups in total. The first kappa shape index (κ1) is 18.1. The SMILES string of the molecule is CN(Cc1cc(-c2ccncc2)no1)C(=O)CCN(C)S(C)(=O)=O. The van der Waals surface area contributed by atoms with E-state index < -0.39 is 10.0 Å². The van der Waals surface area contributed by atoms with Gasteiger partial charge in [0.1, 0.15) is 5.69 Å². The smallest absolute Gasteiger partial charge is 0.224 e. The Morgan fingerprint density at radius 2 is 1.92 bits per heavy atom. The number of hydrogen-bond acceptors (Lipinski definition) is 6. The van der Waals surface area contributed by atoms with Crippen LogP contribution in [-0.2, 0) is 21.4 Å². The Morgan fingerprint density at radius 1 is 1.25 bits per heavy atom. The molecule has 2 aromatic heterocycles. The van der Waals surface area contributed by atoms with Crippen LogP contribution in [0, 0.1) is 0 Å². The quantitative estimate of drug-likeness (QED) is 0.737. The lowest BCUT2D eigenvalue weighted by Crippen LogP contribution is -2.32. The molecule has 0 radical (unpaired) electrons. The van der Waals surface area contributed by atoms with Crippen molar-refractivity contribution < 1.29 is 17.7 Å². The van der Waals surface area contributed by atoms with Gasteiger partial charge >= 0.3 is 0 Å². The van der Waals surface area contributed by atoms with E-state index in [0.29, 0.717) is 11.5 Å². The molecular formula is C15H20N4O4S. The van der Waals surface area contributed by atoms with E-state index in [2.05, 4.69) is 10.1 Å². The van der Waals surface area contributed by atoms with Crippen LogP contribution in [0.25, 0.3) is 11.3 Å². The third kappa shape index (κ3) is 4.87. The van der Waals surface area contributed by atoms with E-state index in [9.17, 15) is 13.2 Å². The molecule has 1 amide bonds. The van der Waals surface area contributed by atoms with Gasteiger partial charge in [0.15, 0.2) is 5.76 Å². The van der Waals surface area contributed by atoms with Gasteiger partial charge in [0.2, 0.25) is 15.9 Å². The second kappa shape index (κ2) is 7.54. The van der Waals surface area contributed by atoms with E-state index in [0.717, 1.165) is 16.1 Å². The summed E-state index contributed by atoms with van der Waals surface area (Å²) >= 11 is 0. The molecule has 0 aliphatic heterocycles. The minimum atomic E-state index is -3.28. The fourth-order valence-electron chi connectivity index (χ4n) is 1.98. The van der Waals surface area contributed by atoms with Gasteiger partial charge in [-0.3, -0.25) is 9.78 Å². The third-order valence-corrected chi connectivity index (χ3v) is 4.88. The van der Waals surface area contributed by atoms with Gasteiger partial charge in [-0.25, -0.2) is 12.7 Å². The zero-order valence-electron chi connectivity index (χ0n) is 13.8. The van der Waals surface area contributed by atoms with Gasteiger partial charge in [0.05, 0.1) is 12.8 Å². The van der Waals surface area contributed by atoms with Crippen molar-refractivity contribution in [3.63, 3.8) is 0 Å². The lowest BCUT2D eigenvalue weighted by molar-refractivity contribution is -0.130. The predicted octanol–water partition coefficient (Wildman–Crippen LogP) is 0.977. The summed E-state index contributed by atoms with van der Waals surface area (Å²) in [6.45, 7) is 0.403. The lowest BCUT2D eigenvalue weighted by Gasteiger charge is -2.18. The minimum Gasteiger partial charge on any atom is -0.359 e. The van der Waals surface area contributed by atoms with Gasteiger partial charge in [-0.15, -0.1) is 0 Å². The van der Waals surface area contributed by atoms with Crippen molar-refractivity contribution in [2.24, 2.45) is 0 Å². The first-order valence-electron chi connectivity index (χ1n) is 7.28. The normalized spacial score (nSPS) is 11.7. The first-order valence-corrected chi connectivity index (χ1v) is 9.13.